The van der Waals surface area contributed by atoms with E-state index in [1.54, 1.807) is 6.33 Å². The van der Waals surface area contributed by atoms with Gasteiger partial charge in [-0.1, -0.05) is 12.1 Å². The largest absolute Gasteiger partial charge is 0.366 e. The third-order valence-electron chi connectivity index (χ3n) is 4.62. The zero-order valence-electron chi connectivity index (χ0n) is 14.3. The number of anilines is 1. The lowest BCUT2D eigenvalue weighted by Crippen LogP contribution is -2.55. The summed E-state index contributed by atoms with van der Waals surface area (Å²) in [4.78, 5) is 25.4. The molecule has 1 aromatic heterocycles. The van der Waals surface area contributed by atoms with E-state index in [9.17, 15) is 4.79 Å². The van der Waals surface area contributed by atoms with Crippen LogP contribution < -0.4 is 10.2 Å². The Hall–Kier alpha value is -1.67. The van der Waals surface area contributed by atoms with Crippen molar-refractivity contribution in [3.8, 4) is 0 Å². The first kappa shape index (κ1) is 20.6. The number of hydrogen-bond acceptors (Lipinski definition) is 6. The maximum atomic E-state index is 12.5. The highest BCUT2D eigenvalue weighted by Gasteiger charge is 2.29. The first-order valence-electron chi connectivity index (χ1n) is 8.39. The van der Waals surface area contributed by atoms with Crippen molar-refractivity contribution in [2.75, 3.05) is 50.8 Å². The molecule has 1 aromatic carbocycles. The number of carbonyl (C=O) groups excluding carboxylic acids is 1. The van der Waals surface area contributed by atoms with Crippen LogP contribution in [-0.4, -0.2) is 72.8 Å². The van der Waals surface area contributed by atoms with E-state index < -0.39 is 0 Å². The first-order valence-corrected chi connectivity index (χ1v) is 8.39. The number of amides is 1. The van der Waals surface area contributed by atoms with Crippen LogP contribution in [0.2, 0.25) is 0 Å². The Labute approximate surface area is 164 Å². The Morgan fingerprint density at radius 1 is 1.12 bits per heavy atom. The van der Waals surface area contributed by atoms with Crippen LogP contribution in [0.3, 0.4) is 0 Å². The van der Waals surface area contributed by atoms with Gasteiger partial charge in [-0.25, -0.2) is 9.97 Å². The minimum absolute atomic E-state index is 0. The van der Waals surface area contributed by atoms with Gasteiger partial charge in [-0.3, -0.25) is 4.79 Å². The molecule has 2 aromatic rings. The van der Waals surface area contributed by atoms with E-state index in [4.69, 9.17) is 4.74 Å². The van der Waals surface area contributed by atoms with Crippen LogP contribution in [0.5, 0.6) is 0 Å². The molecule has 0 saturated carbocycles. The van der Waals surface area contributed by atoms with Gasteiger partial charge in [0.05, 0.1) is 12.1 Å². The molecule has 142 valence electrons. The first-order chi connectivity index (χ1) is 11.8. The molecule has 1 N–H and O–H groups in total. The van der Waals surface area contributed by atoms with Gasteiger partial charge in [0.15, 0.2) is 0 Å². The smallest absolute Gasteiger partial charge is 0.253 e. The van der Waals surface area contributed by atoms with E-state index in [0.29, 0.717) is 26.2 Å². The number of nitrogens with zero attached hydrogens (tertiary/aromatic N) is 4. The molecule has 2 aliphatic heterocycles. The summed E-state index contributed by atoms with van der Waals surface area (Å²) in [6.07, 6.45) is 1.27. The normalized spacial score (nSPS) is 20.2. The molecule has 4 rings (SSSR count). The number of fused-ring (bicyclic) bond motifs is 1. The Morgan fingerprint density at radius 2 is 1.88 bits per heavy atom. The van der Waals surface area contributed by atoms with Gasteiger partial charge in [0.25, 0.3) is 5.91 Å². The number of piperazine rings is 1. The Bertz CT molecular complexity index is 729. The summed E-state index contributed by atoms with van der Waals surface area (Å²) in [6.45, 7) is 4.95. The molecule has 0 aliphatic carbocycles. The fourth-order valence-electron chi connectivity index (χ4n) is 3.31. The topological polar surface area (TPSA) is 70.6 Å². The second-order valence-corrected chi connectivity index (χ2v) is 6.09. The SMILES string of the molecule is Cl.Cl.O=C(C1CNCCO1)N1CCN(c2ncnc3ccccc23)CC1. The van der Waals surface area contributed by atoms with Crippen LogP contribution >= 0.6 is 24.8 Å². The van der Waals surface area contributed by atoms with Crippen molar-refractivity contribution in [3.63, 3.8) is 0 Å². The van der Waals surface area contributed by atoms with Gasteiger partial charge in [0.1, 0.15) is 18.2 Å². The maximum absolute atomic E-state index is 12.5. The van der Waals surface area contributed by atoms with Crippen molar-refractivity contribution in [2.45, 2.75) is 6.10 Å². The van der Waals surface area contributed by atoms with Crippen LogP contribution in [0, 0.1) is 0 Å². The summed E-state index contributed by atoms with van der Waals surface area (Å²) in [5.41, 5.74) is 0.947. The van der Waals surface area contributed by atoms with Crippen molar-refractivity contribution in [3.05, 3.63) is 30.6 Å². The number of morpholine rings is 1. The molecular formula is C17H23Cl2N5O2. The fraction of sp³-hybridized carbons (Fsp3) is 0.471. The summed E-state index contributed by atoms with van der Waals surface area (Å²) in [5.74, 6) is 1.04. The predicted octanol–water partition coefficient (Wildman–Crippen LogP) is 1.11. The molecule has 1 amide bonds. The molecule has 0 bridgehead atoms. The van der Waals surface area contributed by atoms with Crippen molar-refractivity contribution in [1.29, 1.82) is 0 Å². The number of carbonyl (C=O) groups is 1. The summed E-state index contributed by atoms with van der Waals surface area (Å²) >= 11 is 0. The van der Waals surface area contributed by atoms with Gasteiger partial charge >= 0.3 is 0 Å². The average molecular weight is 400 g/mol. The highest BCUT2D eigenvalue weighted by molar-refractivity contribution is 5.89. The summed E-state index contributed by atoms with van der Waals surface area (Å²) in [7, 11) is 0. The monoisotopic (exact) mass is 399 g/mol. The van der Waals surface area contributed by atoms with Crippen molar-refractivity contribution >= 4 is 47.4 Å². The molecule has 0 spiro atoms. The molecule has 26 heavy (non-hydrogen) atoms. The predicted molar refractivity (Wildman–Crippen MR) is 105 cm³/mol. The van der Waals surface area contributed by atoms with Crippen LogP contribution in [0.1, 0.15) is 0 Å². The number of benzene rings is 1. The quantitative estimate of drug-likeness (QED) is 0.815. The minimum atomic E-state index is -0.342. The Kier molecular flexibility index (Phi) is 7.40. The average Bonchev–Trinajstić information content (AvgIpc) is 2.68. The van der Waals surface area contributed by atoms with Gasteiger partial charge in [0.2, 0.25) is 0 Å². The van der Waals surface area contributed by atoms with Crippen LogP contribution in [0.25, 0.3) is 10.9 Å². The Balaban J connectivity index is 0.00000121. The summed E-state index contributed by atoms with van der Waals surface area (Å²) in [6, 6.07) is 8.02. The standard InChI is InChI=1S/C17H21N5O2.2ClH/c23-17(15-11-18-5-10-24-15)22-8-6-21(7-9-22)16-13-3-1-2-4-14(13)19-12-20-16;;/h1-4,12,15,18H,5-11H2;2*1H. The third kappa shape index (κ3) is 4.17. The lowest BCUT2D eigenvalue weighted by molar-refractivity contribution is -0.145. The number of rotatable bonds is 2. The zero-order chi connectivity index (χ0) is 16.4. The van der Waals surface area contributed by atoms with E-state index in [1.165, 1.54) is 0 Å². The third-order valence-corrected chi connectivity index (χ3v) is 4.62. The van der Waals surface area contributed by atoms with Gasteiger partial charge < -0.3 is 19.9 Å². The molecule has 1 unspecified atom stereocenters. The number of ether oxygens (including phenoxy) is 1. The number of para-hydroxylation sites is 1. The zero-order valence-corrected chi connectivity index (χ0v) is 16.0. The molecule has 2 fully saturated rings. The van der Waals surface area contributed by atoms with Gasteiger partial charge in [-0.05, 0) is 12.1 Å². The minimum Gasteiger partial charge on any atom is -0.366 e. The summed E-state index contributed by atoms with van der Waals surface area (Å²) < 4.78 is 5.57. The maximum Gasteiger partial charge on any atom is 0.253 e. The van der Waals surface area contributed by atoms with Crippen molar-refractivity contribution < 1.29 is 9.53 Å². The molecule has 2 saturated heterocycles. The van der Waals surface area contributed by atoms with Crippen LogP contribution in [0.4, 0.5) is 5.82 Å². The van der Waals surface area contributed by atoms with E-state index in [1.807, 2.05) is 29.2 Å². The van der Waals surface area contributed by atoms with Crippen LogP contribution in [-0.2, 0) is 9.53 Å². The Morgan fingerprint density at radius 3 is 2.62 bits per heavy atom. The lowest BCUT2D eigenvalue weighted by atomic mass is 10.2. The van der Waals surface area contributed by atoms with Gasteiger partial charge in [-0.2, -0.15) is 0 Å². The van der Waals surface area contributed by atoms with E-state index in [2.05, 4.69) is 20.2 Å². The molecule has 7 nitrogen and oxygen atoms in total. The van der Waals surface area contributed by atoms with E-state index >= 15 is 0 Å². The number of nitrogens with one attached hydrogen (secondary N) is 1. The van der Waals surface area contributed by atoms with Gasteiger partial charge in [0, 0.05) is 44.7 Å². The summed E-state index contributed by atoms with van der Waals surface area (Å²) in [5, 5.41) is 4.26. The number of halogens is 2. The van der Waals surface area contributed by atoms with E-state index in [-0.39, 0.29) is 36.8 Å². The highest BCUT2D eigenvalue weighted by atomic mass is 35.5. The molecule has 0 radical (unpaired) electrons. The second-order valence-electron chi connectivity index (χ2n) is 6.09. The fourth-order valence-corrected chi connectivity index (χ4v) is 3.31. The van der Waals surface area contributed by atoms with Gasteiger partial charge in [-0.15, -0.1) is 24.8 Å². The highest BCUT2D eigenvalue weighted by Crippen LogP contribution is 2.23. The molecule has 9 heteroatoms. The van der Waals surface area contributed by atoms with Crippen molar-refractivity contribution in [2.24, 2.45) is 0 Å². The second kappa shape index (κ2) is 9.32. The lowest BCUT2D eigenvalue weighted by Gasteiger charge is -2.37. The molecular weight excluding hydrogens is 377 g/mol. The molecule has 1 atom stereocenters. The van der Waals surface area contributed by atoms with Crippen LogP contribution in [0.15, 0.2) is 30.6 Å². The number of aromatic nitrogens is 2. The van der Waals surface area contributed by atoms with E-state index in [0.717, 1.165) is 36.4 Å². The molecule has 3 heterocycles. The van der Waals surface area contributed by atoms with Crippen molar-refractivity contribution in [1.82, 2.24) is 20.2 Å². The number of hydrogen-bond donors (Lipinski definition) is 1. The molecule has 2 aliphatic rings.